The monoisotopic (exact) mass is 387 g/mol. The van der Waals surface area contributed by atoms with Crippen LogP contribution in [-0.4, -0.2) is 33.2 Å². The van der Waals surface area contributed by atoms with Crippen LogP contribution in [0, 0.1) is 0 Å². The molecule has 0 fully saturated rings. The summed E-state index contributed by atoms with van der Waals surface area (Å²) in [6, 6.07) is 13.6. The summed E-state index contributed by atoms with van der Waals surface area (Å²) in [5.41, 5.74) is 2.23. The lowest BCUT2D eigenvalue weighted by atomic mass is 9.88. The largest absolute Gasteiger partial charge is 0.452 e. The van der Waals surface area contributed by atoms with Crippen molar-refractivity contribution >= 4 is 21.7 Å². The van der Waals surface area contributed by atoms with Crippen LogP contribution in [0.1, 0.15) is 40.4 Å². The van der Waals surface area contributed by atoms with Crippen LogP contribution in [0.2, 0.25) is 0 Å². The molecule has 2 aromatic rings. The van der Waals surface area contributed by atoms with E-state index in [4.69, 9.17) is 4.74 Å². The van der Waals surface area contributed by atoms with Gasteiger partial charge in [-0.25, -0.2) is 13.2 Å². The van der Waals surface area contributed by atoms with Crippen LogP contribution in [-0.2, 0) is 25.8 Å². The average molecular weight is 387 g/mol. The van der Waals surface area contributed by atoms with E-state index in [1.54, 1.807) is 6.07 Å². The van der Waals surface area contributed by atoms with E-state index in [0.29, 0.717) is 0 Å². The van der Waals surface area contributed by atoms with E-state index < -0.39 is 28.3 Å². The lowest BCUT2D eigenvalue weighted by Gasteiger charge is -2.26. The van der Waals surface area contributed by atoms with E-state index in [0.717, 1.165) is 31.1 Å². The Morgan fingerprint density at radius 2 is 1.81 bits per heavy atom. The molecule has 2 aromatic carbocycles. The summed E-state index contributed by atoms with van der Waals surface area (Å²) in [5, 5.41) is 2.89. The zero-order valence-electron chi connectivity index (χ0n) is 15.0. The summed E-state index contributed by atoms with van der Waals surface area (Å²) >= 11 is 0. The maximum Gasteiger partial charge on any atom is 0.339 e. The molecule has 0 saturated carbocycles. The Labute approximate surface area is 158 Å². The standard InChI is InChI=1S/C20H21NO5S/c1-27(24,25)18-12-5-4-10-16(18)20(23)26-13-19(22)21-17-11-6-8-14-7-2-3-9-15(14)17/h2-5,7,9-10,12,17H,6,8,11,13H2,1H3,(H,21,22)/t17-/m0/s1. The van der Waals surface area contributed by atoms with Gasteiger partial charge in [-0.2, -0.15) is 0 Å². The quantitative estimate of drug-likeness (QED) is 0.796. The number of fused-ring (bicyclic) bond motifs is 1. The summed E-state index contributed by atoms with van der Waals surface area (Å²) in [4.78, 5) is 24.4. The Balaban J connectivity index is 1.63. The molecular weight excluding hydrogens is 366 g/mol. The fourth-order valence-electron chi connectivity index (χ4n) is 3.31. The Hall–Kier alpha value is -2.67. The van der Waals surface area contributed by atoms with Crippen molar-refractivity contribution in [2.45, 2.75) is 30.2 Å². The molecule has 6 nitrogen and oxygen atoms in total. The SMILES string of the molecule is CS(=O)(=O)c1ccccc1C(=O)OCC(=O)N[C@H]1CCCc2ccccc21. The van der Waals surface area contributed by atoms with E-state index in [1.165, 1.54) is 23.8 Å². The summed E-state index contributed by atoms with van der Waals surface area (Å²) in [7, 11) is -3.57. The van der Waals surface area contributed by atoms with Crippen molar-refractivity contribution in [2.75, 3.05) is 12.9 Å². The first kappa shape index (κ1) is 19.1. The van der Waals surface area contributed by atoms with E-state index in [1.807, 2.05) is 18.2 Å². The highest BCUT2D eigenvalue weighted by Gasteiger charge is 2.23. The van der Waals surface area contributed by atoms with Crippen molar-refractivity contribution in [2.24, 2.45) is 0 Å². The van der Waals surface area contributed by atoms with E-state index in [2.05, 4.69) is 11.4 Å². The van der Waals surface area contributed by atoms with E-state index in [-0.39, 0.29) is 16.5 Å². The number of amides is 1. The predicted octanol–water partition coefficient (Wildman–Crippen LogP) is 2.44. The predicted molar refractivity (Wildman–Crippen MR) is 100 cm³/mol. The van der Waals surface area contributed by atoms with E-state index >= 15 is 0 Å². The van der Waals surface area contributed by atoms with E-state index in [9.17, 15) is 18.0 Å². The van der Waals surface area contributed by atoms with Crippen LogP contribution in [0.4, 0.5) is 0 Å². The Bertz CT molecular complexity index is 968. The molecule has 1 N–H and O–H groups in total. The summed E-state index contributed by atoms with van der Waals surface area (Å²) in [5.74, 6) is -1.25. The zero-order chi connectivity index (χ0) is 19.4. The lowest BCUT2D eigenvalue weighted by Crippen LogP contribution is -2.34. The van der Waals surface area contributed by atoms with Gasteiger partial charge >= 0.3 is 5.97 Å². The van der Waals surface area contributed by atoms with Crippen LogP contribution < -0.4 is 5.32 Å². The summed E-state index contributed by atoms with van der Waals surface area (Å²) in [6.45, 7) is -0.463. The van der Waals surface area contributed by atoms with Crippen LogP contribution >= 0.6 is 0 Å². The minimum atomic E-state index is -3.57. The molecule has 1 atom stereocenters. The molecule has 1 aliphatic carbocycles. The number of aryl methyl sites for hydroxylation is 1. The molecule has 1 amide bonds. The number of hydrogen-bond donors (Lipinski definition) is 1. The summed E-state index contributed by atoms with van der Waals surface area (Å²) in [6.07, 6.45) is 3.81. The van der Waals surface area contributed by atoms with Crippen molar-refractivity contribution in [1.29, 1.82) is 0 Å². The van der Waals surface area contributed by atoms with Gasteiger partial charge in [0, 0.05) is 6.26 Å². The maximum absolute atomic E-state index is 12.2. The average Bonchev–Trinajstić information content (AvgIpc) is 2.66. The molecule has 27 heavy (non-hydrogen) atoms. The first-order valence-corrected chi connectivity index (χ1v) is 10.6. The fraction of sp³-hybridized carbons (Fsp3) is 0.300. The molecule has 0 saturated heterocycles. The highest BCUT2D eigenvalue weighted by molar-refractivity contribution is 7.90. The van der Waals surface area contributed by atoms with Crippen molar-refractivity contribution in [3.8, 4) is 0 Å². The fourth-order valence-corrected chi connectivity index (χ4v) is 4.18. The smallest absolute Gasteiger partial charge is 0.339 e. The van der Waals surface area contributed by atoms with Crippen molar-refractivity contribution in [3.63, 3.8) is 0 Å². The molecule has 0 unspecified atom stereocenters. The highest BCUT2D eigenvalue weighted by atomic mass is 32.2. The molecular formula is C20H21NO5S. The van der Waals surface area contributed by atoms with Gasteiger partial charge < -0.3 is 10.1 Å². The van der Waals surface area contributed by atoms with Gasteiger partial charge in [-0.05, 0) is 42.5 Å². The van der Waals surface area contributed by atoms with Gasteiger partial charge in [0.2, 0.25) is 0 Å². The third-order valence-electron chi connectivity index (χ3n) is 4.55. The second kappa shape index (κ2) is 7.92. The number of carbonyl (C=O) groups is 2. The number of nitrogens with one attached hydrogen (secondary N) is 1. The molecule has 1 aliphatic rings. The molecule has 7 heteroatoms. The number of rotatable bonds is 5. The minimum Gasteiger partial charge on any atom is -0.452 e. The molecule has 0 bridgehead atoms. The molecule has 142 valence electrons. The Morgan fingerprint density at radius 1 is 1.11 bits per heavy atom. The van der Waals surface area contributed by atoms with Crippen LogP contribution in [0.5, 0.6) is 0 Å². The van der Waals surface area contributed by atoms with Gasteiger partial charge in [0.25, 0.3) is 5.91 Å². The van der Waals surface area contributed by atoms with Gasteiger partial charge in [0.15, 0.2) is 16.4 Å². The third kappa shape index (κ3) is 4.54. The first-order chi connectivity index (χ1) is 12.9. The highest BCUT2D eigenvalue weighted by Crippen LogP contribution is 2.29. The maximum atomic E-state index is 12.2. The molecule has 0 aromatic heterocycles. The van der Waals surface area contributed by atoms with Gasteiger partial charge in [0.05, 0.1) is 16.5 Å². The second-order valence-electron chi connectivity index (χ2n) is 6.56. The number of sulfone groups is 1. The third-order valence-corrected chi connectivity index (χ3v) is 5.70. The van der Waals surface area contributed by atoms with Gasteiger partial charge in [-0.3, -0.25) is 4.79 Å². The minimum absolute atomic E-state index is 0.0733. The van der Waals surface area contributed by atoms with Gasteiger partial charge in [0.1, 0.15) is 0 Å². The Kier molecular flexibility index (Phi) is 5.60. The van der Waals surface area contributed by atoms with Crippen LogP contribution in [0.25, 0.3) is 0 Å². The molecule has 0 spiro atoms. The van der Waals surface area contributed by atoms with Crippen LogP contribution in [0.3, 0.4) is 0 Å². The molecule has 0 heterocycles. The number of ether oxygens (including phenoxy) is 1. The Morgan fingerprint density at radius 3 is 2.59 bits per heavy atom. The topological polar surface area (TPSA) is 89.5 Å². The zero-order valence-corrected chi connectivity index (χ0v) is 15.8. The van der Waals surface area contributed by atoms with Gasteiger partial charge in [-0.15, -0.1) is 0 Å². The summed E-state index contributed by atoms with van der Waals surface area (Å²) < 4.78 is 28.6. The van der Waals surface area contributed by atoms with Crippen molar-refractivity contribution < 1.29 is 22.7 Å². The normalized spacial score (nSPS) is 16.3. The molecule has 3 rings (SSSR count). The number of carbonyl (C=O) groups excluding carboxylic acids is 2. The van der Waals surface area contributed by atoms with Crippen LogP contribution in [0.15, 0.2) is 53.4 Å². The lowest BCUT2D eigenvalue weighted by molar-refractivity contribution is -0.125. The number of hydrogen-bond acceptors (Lipinski definition) is 5. The van der Waals surface area contributed by atoms with Gasteiger partial charge in [-0.1, -0.05) is 36.4 Å². The van der Waals surface area contributed by atoms with Crippen molar-refractivity contribution in [3.05, 3.63) is 65.2 Å². The van der Waals surface area contributed by atoms with Crippen molar-refractivity contribution in [1.82, 2.24) is 5.32 Å². The first-order valence-electron chi connectivity index (χ1n) is 8.69. The molecule has 0 aliphatic heterocycles. The second-order valence-corrected chi connectivity index (χ2v) is 8.54. The number of benzene rings is 2. The molecule has 0 radical (unpaired) electrons. The number of esters is 1.